The van der Waals surface area contributed by atoms with Gasteiger partial charge in [-0.1, -0.05) is 0 Å². The molecule has 134 valence electrons. The summed E-state index contributed by atoms with van der Waals surface area (Å²) in [5, 5.41) is 11.3. The lowest BCUT2D eigenvalue weighted by Crippen LogP contribution is -2.51. The van der Waals surface area contributed by atoms with Gasteiger partial charge in [0.25, 0.3) is 5.91 Å². The average molecular weight is 349 g/mol. The number of rotatable bonds is 5. The van der Waals surface area contributed by atoms with Gasteiger partial charge >= 0.3 is 12.1 Å². The Hall–Kier alpha value is -2.10. The van der Waals surface area contributed by atoms with E-state index in [2.05, 4.69) is 10.3 Å². The van der Waals surface area contributed by atoms with Crippen molar-refractivity contribution in [2.45, 2.75) is 51.1 Å². The molecule has 2 rings (SSSR count). The predicted molar refractivity (Wildman–Crippen MR) is 75.1 cm³/mol. The standard InChI is InChI=1S/C14H18F3N3O4/c1-13(24-2,12(22)23)11(21)18-7-8-9-5-3-4-6-20(9)10(19-8)14(15,16)17/h3-7H2,1-2H3,(H,18,21)(H,22,23). The molecule has 0 aliphatic carbocycles. The van der Waals surface area contributed by atoms with E-state index in [0.29, 0.717) is 18.5 Å². The molecule has 1 aliphatic rings. The van der Waals surface area contributed by atoms with Crippen LogP contribution in [-0.2, 0) is 40.0 Å². The maximum Gasteiger partial charge on any atom is 0.449 e. The van der Waals surface area contributed by atoms with Crippen molar-refractivity contribution in [2.24, 2.45) is 0 Å². The van der Waals surface area contributed by atoms with Crippen LogP contribution in [0.2, 0.25) is 0 Å². The van der Waals surface area contributed by atoms with Crippen molar-refractivity contribution in [3.8, 4) is 0 Å². The number of ether oxygens (including phenoxy) is 1. The molecule has 0 spiro atoms. The molecule has 1 aromatic rings. The number of carboxylic acids is 1. The molecule has 0 saturated heterocycles. The SMILES string of the molecule is COC(C)(C(=O)O)C(=O)NCc1nc(C(F)(F)F)n2c1CCCC2. The molecule has 0 fully saturated rings. The number of aromatic nitrogens is 2. The number of aliphatic carboxylic acids is 1. The number of alkyl halides is 3. The van der Waals surface area contributed by atoms with Crippen LogP contribution in [0.5, 0.6) is 0 Å². The zero-order valence-electron chi connectivity index (χ0n) is 13.2. The number of hydrogen-bond donors (Lipinski definition) is 2. The van der Waals surface area contributed by atoms with Gasteiger partial charge in [-0.2, -0.15) is 13.2 Å². The summed E-state index contributed by atoms with van der Waals surface area (Å²) in [6, 6.07) is 0. The summed E-state index contributed by atoms with van der Waals surface area (Å²) in [6.45, 7) is 0.987. The number of carbonyl (C=O) groups excluding carboxylic acids is 1. The fourth-order valence-corrected chi connectivity index (χ4v) is 2.59. The summed E-state index contributed by atoms with van der Waals surface area (Å²) in [5.74, 6) is -3.44. The normalized spacial score (nSPS) is 17.0. The number of fused-ring (bicyclic) bond motifs is 1. The second-order valence-corrected chi connectivity index (χ2v) is 5.66. The second kappa shape index (κ2) is 6.42. The molecule has 2 heterocycles. The van der Waals surface area contributed by atoms with E-state index in [-0.39, 0.29) is 18.8 Å². The van der Waals surface area contributed by atoms with Crippen molar-refractivity contribution in [1.29, 1.82) is 0 Å². The third kappa shape index (κ3) is 3.23. The first-order valence-corrected chi connectivity index (χ1v) is 7.33. The molecule has 1 aliphatic heterocycles. The van der Waals surface area contributed by atoms with Crippen molar-refractivity contribution < 1.29 is 32.6 Å². The van der Waals surface area contributed by atoms with E-state index in [1.54, 1.807) is 0 Å². The molecular formula is C14H18F3N3O4. The lowest BCUT2D eigenvalue weighted by atomic mass is 10.1. The summed E-state index contributed by atoms with van der Waals surface area (Å²) in [5.41, 5.74) is -1.60. The lowest BCUT2D eigenvalue weighted by Gasteiger charge is -2.22. The summed E-state index contributed by atoms with van der Waals surface area (Å²) >= 11 is 0. The van der Waals surface area contributed by atoms with E-state index in [1.165, 1.54) is 0 Å². The van der Waals surface area contributed by atoms with Gasteiger partial charge in [-0.3, -0.25) is 4.79 Å². The quantitative estimate of drug-likeness (QED) is 0.783. The highest BCUT2D eigenvalue weighted by Crippen LogP contribution is 2.32. The van der Waals surface area contributed by atoms with Gasteiger partial charge in [0.15, 0.2) is 0 Å². The molecule has 10 heteroatoms. The smallest absolute Gasteiger partial charge is 0.449 e. The van der Waals surface area contributed by atoms with Gasteiger partial charge in [0, 0.05) is 19.3 Å². The van der Waals surface area contributed by atoms with Gasteiger partial charge in [0.1, 0.15) is 0 Å². The van der Waals surface area contributed by atoms with Crippen LogP contribution in [0.4, 0.5) is 13.2 Å². The fourth-order valence-electron chi connectivity index (χ4n) is 2.59. The van der Waals surface area contributed by atoms with Crippen LogP contribution in [-0.4, -0.2) is 39.2 Å². The van der Waals surface area contributed by atoms with Crippen molar-refractivity contribution in [3.63, 3.8) is 0 Å². The van der Waals surface area contributed by atoms with Crippen molar-refractivity contribution in [3.05, 3.63) is 17.2 Å². The number of carbonyl (C=O) groups is 2. The second-order valence-electron chi connectivity index (χ2n) is 5.66. The Morgan fingerprint density at radius 1 is 1.38 bits per heavy atom. The third-order valence-electron chi connectivity index (χ3n) is 4.12. The fraction of sp³-hybridized carbons (Fsp3) is 0.643. The summed E-state index contributed by atoms with van der Waals surface area (Å²) in [4.78, 5) is 26.8. The maximum atomic E-state index is 13.1. The molecule has 24 heavy (non-hydrogen) atoms. The number of halogens is 3. The van der Waals surface area contributed by atoms with Crippen LogP contribution in [0.3, 0.4) is 0 Å². The number of nitrogens with zero attached hydrogens (tertiary/aromatic N) is 2. The molecule has 0 saturated carbocycles. The van der Waals surface area contributed by atoms with Crippen molar-refractivity contribution in [2.75, 3.05) is 7.11 Å². The van der Waals surface area contributed by atoms with Crippen molar-refractivity contribution in [1.82, 2.24) is 14.9 Å². The minimum atomic E-state index is -4.59. The summed E-state index contributed by atoms with van der Waals surface area (Å²) < 4.78 is 45.0. The van der Waals surface area contributed by atoms with Crippen LogP contribution < -0.4 is 5.32 Å². The Kier molecular flexibility index (Phi) is 4.88. The van der Waals surface area contributed by atoms with Gasteiger partial charge in [-0.05, 0) is 26.2 Å². The number of amides is 1. The highest BCUT2D eigenvalue weighted by atomic mass is 19.4. The number of carboxylic acid groups (broad SMARTS) is 1. The van der Waals surface area contributed by atoms with Crippen LogP contribution in [0.1, 0.15) is 37.0 Å². The molecule has 2 N–H and O–H groups in total. The summed E-state index contributed by atoms with van der Waals surface area (Å²) in [7, 11) is 1.06. The number of nitrogens with one attached hydrogen (secondary N) is 1. The van der Waals surface area contributed by atoms with Gasteiger partial charge in [-0.25, -0.2) is 9.78 Å². The predicted octanol–water partition coefficient (Wildman–Crippen LogP) is 1.34. The van der Waals surface area contributed by atoms with E-state index < -0.39 is 29.5 Å². The molecule has 0 bridgehead atoms. The number of imidazole rings is 1. The monoisotopic (exact) mass is 349 g/mol. The van der Waals surface area contributed by atoms with Crippen LogP contribution in [0, 0.1) is 0 Å². The van der Waals surface area contributed by atoms with Crippen LogP contribution in [0.15, 0.2) is 0 Å². The van der Waals surface area contributed by atoms with E-state index in [4.69, 9.17) is 9.84 Å². The minimum absolute atomic E-state index is 0.0965. The first-order chi connectivity index (χ1) is 11.1. The Balaban J connectivity index is 2.23. The van der Waals surface area contributed by atoms with E-state index in [1.807, 2.05) is 0 Å². The largest absolute Gasteiger partial charge is 0.479 e. The van der Waals surface area contributed by atoms with Gasteiger partial charge in [-0.15, -0.1) is 0 Å². The Bertz CT molecular complexity index is 656. The van der Waals surface area contributed by atoms with Gasteiger partial charge in [0.2, 0.25) is 11.4 Å². The van der Waals surface area contributed by atoms with Crippen LogP contribution in [0.25, 0.3) is 0 Å². The molecule has 0 aromatic carbocycles. The van der Waals surface area contributed by atoms with Gasteiger partial charge < -0.3 is 19.7 Å². The first-order valence-electron chi connectivity index (χ1n) is 7.33. The lowest BCUT2D eigenvalue weighted by molar-refractivity contribution is -0.167. The molecule has 0 radical (unpaired) electrons. The Morgan fingerprint density at radius 2 is 2.04 bits per heavy atom. The van der Waals surface area contributed by atoms with Gasteiger partial charge in [0.05, 0.1) is 12.2 Å². The molecular weight excluding hydrogens is 331 g/mol. The molecule has 1 unspecified atom stereocenters. The number of methoxy groups -OCH3 is 1. The average Bonchev–Trinajstić information content (AvgIpc) is 2.90. The number of hydrogen-bond acceptors (Lipinski definition) is 4. The molecule has 1 amide bonds. The molecule has 7 nitrogen and oxygen atoms in total. The molecule has 1 aromatic heterocycles. The summed E-state index contributed by atoms with van der Waals surface area (Å²) in [6.07, 6.45) is -2.81. The highest BCUT2D eigenvalue weighted by molar-refractivity contribution is 6.04. The zero-order chi connectivity index (χ0) is 18.1. The highest BCUT2D eigenvalue weighted by Gasteiger charge is 2.42. The van der Waals surface area contributed by atoms with E-state index in [0.717, 1.165) is 25.0 Å². The Morgan fingerprint density at radius 3 is 2.58 bits per heavy atom. The minimum Gasteiger partial charge on any atom is -0.479 e. The van der Waals surface area contributed by atoms with E-state index in [9.17, 15) is 22.8 Å². The molecule has 1 atom stereocenters. The van der Waals surface area contributed by atoms with Crippen molar-refractivity contribution >= 4 is 11.9 Å². The maximum absolute atomic E-state index is 13.1. The Labute approximate surface area is 135 Å². The zero-order valence-corrected chi connectivity index (χ0v) is 13.2. The topological polar surface area (TPSA) is 93.4 Å². The van der Waals surface area contributed by atoms with Crippen LogP contribution >= 0.6 is 0 Å². The van der Waals surface area contributed by atoms with E-state index >= 15 is 0 Å². The third-order valence-corrected chi connectivity index (χ3v) is 4.12. The first kappa shape index (κ1) is 18.2.